The number of nitrogens with zero attached hydrogens (tertiary/aromatic N) is 2. The number of benzene rings is 2. The fourth-order valence-electron chi connectivity index (χ4n) is 2.84. The molecule has 2 aromatic carbocycles. The first kappa shape index (κ1) is 24.5. The molecule has 3 N–H and O–H groups in total. The largest absolute Gasteiger partial charge is 0.493 e. The van der Waals surface area contributed by atoms with E-state index in [-0.39, 0.29) is 5.91 Å². The molecular formula is C22H26Cl2N4O3. The molecule has 0 saturated heterocycles. The number of aliphatic imine (C=N–C) groups is 1. The second-order valence-electron chi connectivity index (χ2n) is 7.23. The van der Waals surface area contributed by atoms with Crippen LogP contribution in [0.25, 0.3) is 0 Å². The lowest BCUT2D eigenvalue weighted by molar-refractivity contribution is 0.0932. The first-order valence-corrected chi connectivity index (χ1v) is 10.2. The lowest BCUT2D eigenvalue weighted by Gasteiger charge is -2.25. The van der Waals surface area contributed by atoms with Crippen LogP contribution >= 0.6 is 23.2 Å². The van der Waals surface area contributed by atoms with E-state index < -0.39 is 5.54 Å². The van der Waals surface area contributed by atoms with E-state index in [0.717, 1.165) is 5.56 Å². The van der Waals surface area contributed by atoms with Crippen molar-refractivity contribution in [2.45, 2.75) is 25.8 Å². The minimum Gasteiger partial charge on any atom is -0.493 e. The van der Waals surface area contributed by atoms with Crippen molar-refractivity contribution >= 4 is 41.0 Å². The Morgan fingerprint density at radius 2 is 1.74 bits per heavy atom. The van der Waals surface area contributed by atoms with E-state index in [1.165, 1.54) is 12.1 Å². The Bertz CT molecular complexity index is 970. The molecule has 0 aliphatic heterocycles. The van der Waals surface area contributed by atoms with E-state index >= 15 is 0 Å². The van der Waals surface area contributed by atoms with Crippen molar-refractivity contribution in [1.82, 2.24) is 5.32 Å². The molecule has 0 fully saturated rings. The van der Waals surface area contributed by atoms with Crippen molar-refractivity contribution in [2.24, 2.45) is 15.9 Å². The number of halogens is 2. The first-order chi connectivity index (χ1) is 14.7. The topological polar surface area (TPSA) is 98.3 Å². The average molecular weight is 465 g/mol. The van der Waals surface area contributed by atoms with Crippen molar-refractivity contribution in [2.75, 3.05) is 20.8 Å². The van der Waals surface area contributed by atoms with Gasteiger partial charge in [0.2, 0.25) is 0 Å². The van der Waals surface area contributed by atoms with Gasteiger partial charge in [0.25, 0.3) is 5.91 Å². The van der Waals surface area contributed by atoms with Gasteiger partial charge in [-0.05, 0) is 56.2 Å². The molecule has 0 spiro atoms. The van der Waals surface area contributed by atoms with Gasteiger partial charge in [0.1, 0.15) is 5.71 Å². The van der Waals surface area contributed by atoms with Gasteiger partial charge in [-0.1, -0.05) is 29.3 Å². The summed E-state index contributed by atoms with van der Waals surface area (Å²) in [6.07, 6.45) is 2.24. The van der Waals surface area contributed by atoms with E-state index in [0.29, 0.717) is 45.8 Å². The molecule has 0 aliphatic carbocycles. The van der Waals surface area contributed by atoms with Crippen LogP contribution in [0.3, 0.4) is 0 Å². The van der Waals surface area contributed by atoms with Crippen LogP contribution in [-0.2, 0) is 6.42 Å². The van der Waals surface area contributed by atoms with Crippen molar-refractivity contribution < 1.29 is 14.3 Å². The van der Waals surface area contributed by atoms with Crippen molar-refractivity contribution in [3.05, 3.63) is 57.6 Å². The summed E-state index contributed by atoms with van der Waals surface area (Å²) >= 11 is 12.0. The smallest absolute Gasteiger partial charge is 0.252 e. The van der Waals surface area contributed by atoms with E-state index in [4.69, 9.17) is 38.5 Å². The molecule has 0 heterocycles. The van der Waals surface area contributed by atoms with Crippen LogP contribution in [0.5, 0.6) is 11.5 Å². The van der Waals surface area contributed by atoms with Crippen LogP contribution in [-0.4, -0.2) is 44.1 Å². The second-order valence-corrected chi connectivity index (χ2v) is 8.10. The molecule has 0 saturated carbocycles. The molecule has 0 radical (unpaired) electrons. The van der Waals surface area contributed by atoms with Gasteiger partial charge in [-0.3, -0.25) is 9.79 Å². The predicted molar refractivity (Wildman–Crippen MR) is 126 cm³/mol. The monoisotopic (exact) mass is 464 g/mol. The second kappa shape index (κ2) is 11.0. The summed E-state index contributed by atoms with van der Waals surface area (Å²) in [7, 11) is 3.19. The van der Waals surface area contributed by atoms with Crippen LogP contribution in [0.2, 0.25) is 10.0 Å². The van der Waals surface area contributed by atoms with Gasteiger partial charge in [-0.25, -0.2) is 0 Å². The van der Waals surface area contributed by atoms with E-state index in [1.54, 1.807) is 40.3 Å². The number of methoxy groups -OCH3 is 2. The zero-order valence-electron chi connectivity index (χ0n) is 17.9. The maximum absolute atomic E-state index is 12.6. The SMILES string of the molecule is COc1ccc(CCN=C/C(=N\N)C(C)(C)NC(=O)c2cc(Cl)cc(Cl)c2)cc1OC. The van der Waals surface area contributed by atoms with Crippen LogP contribution in [0.1, 0.15) is 29.8 Å². The molecule has 0 atom stereocenters. The van der Waals surface area contributed by atoms with Crippen LogP contribution in [0.15, 0.2) is 46.5 Å². The fourth-order valence-corrected chi connectivity index (χ4v) is 3.37. The van der Waals surface area contributed by atoms with Gasteiger partial charge >= 0.3 is 0 Å². The number of hydrogen-bond donors (Lipinski definition) is 2. The highest BCUT2D eigenvalue weighted by Crippen LogP contribution is 2.27. The number of hydrogen-bond acceptors (Lipinski definition) is 6. The third-order valence-electron chi connectivity index (χ3n) is 4.52. The fraction of sp³-hybridized carbons (Fsp3) is 0.318. The Morgan fingerprint density at radius 3 is 2.32 bits per heavy atom. The lowest BCUT2D eigenvalue weighted by atomic mass is 9.98. The zero-order valence-corrected chi connectivity index (χ0v) is 19.4. The zero-order chi connectivity index (χ0) is 23.0. The molecule has 1 amide bonds. The number of carbonyl (C=O) groups is 1. The number of rotatable bonds is 9. The minimum absolute atomic E-state index is 0.340. The number of hydrazone groups is 1. The molecule has 7 nitrogen and oxygen atoms in total. The predicted octanol–water partition coefficient (Wildman–Crippen LogP) is 4.15. The maximum Gasteiger partial charge on any atom is 0.252 e. The minimum atomic E-state index is -0.868. The number of carbonyl (C=O) groups excluding carboxylic acids is 1. The van der Waals surface area contributed by atoms with Crippen LogP contribution in [0, 0.1) is 0 Å². The summed E-state index contributed by atoms with van der Waals surface area (Å²) in [5.74, 6) is 6.54. The Hall–Kier alpha value is -2.77. The van der Waals surface area contributed by atoms with Gasteiger partial charge in [0.05, 0.1) is 19.8 Å². The number of ether oxygens (including phenoxy) is 2. The van der Waals surface area contributed by atoms with E-state index in [2.05, 4.69) is 15.4 Å². The third-order valence-corrected chi connectivity index (χ3v) is 4.96. The van der Waals surface area contributed by atoms with Gasteiger partial charge < -0.3 is 20.6 Å². The summed E-state index contributed by atoms with van der Waals surface area (Å²) in [6.45, 7) is 4.06. The summed E-state index contributed by atoms with van der Waals surface area (Å²) in [5.41, 5.74) is 0.938. The highest BCUT2D eigenvalue weighted by Gasteiger charge is 2.27. The Labute approximate surface area is 192 Å². The lowest BCUT2D eigenvalue weighted by Crippen LogP contribution is -2.50. The molecule has 31 heavy (non-hydrogen) atoms. The van der Waals surface area contributed by atoms with Gasteiger partial charge in [0.15, 0.2) is 11.5 Å². The molecule has 2 rings (SSSR count). The van der Waals surface area contributed by atoms with E-state index in [1.807, 2.05) is 18.2 Å². The summed E-state index contributed by atoms with van der Waals surface area (Å²) < 4.78 is 10.6. The molecule has 0 bridgehead atoms. The third kappa shape index (κ3) is 6.87. The van der Waals surface area contributed by atoms with Gasteiger partial charge in [-0.2, -0.15) is 5.10 Å². The van der Waals surface area contributed by atoms with Crippen molar-refractivity contribution in [3.63, 3.8) is 0 Å². The molecule has 0 unspecified atom stereocenters. The summed E-state index contributed by atoms with van der Waals surface area (Å²) in [6, 6.07) is 10.3. The molecule has 2 aromatic rings. The van der Waals surface area contributed by atoms with Crippen molar-refractivity contribution in [1.29, 1.82) is 0 Å². The van der Waals surface area contributed by atoms with Crippen LogP contribution < -0.4 is 20.6 Å². The quantitative estimate of drug-likeness (QED) is 0.330. The van der Waals surface area contributed by atoms with Crippen LogP contribution in [0.4, 0.5) is 0 Å². The van der Waals surface area contributed by atoms with Gasteiger partial charge in [0, 0.05) is 28.4 Å². The average Bonchev–Trinajstić information content (AvgIpc) is 2.72. The Balaban J connectivity index is 2.02. The highest BCUT2D eigenvalue weighted by molar-refractivity contribution is 6.36. The van der Waals surface area contributed by atoms with E-state index in [9.17, 15) is 4.79 Å². The Kier molecular flexibility index (Phi) is 8.71. The van der Waals surface area contributed by atoms with Gasteiger partial charge in [-0.15, -0.1) is 0 Å². The summed E-state index contributed by atoms with van der Waals surface area (Å²) in [4.78, 5) is 17.0. The molecule has 9 heteroatoms. The maximum atomic E-state index is 12.6. The Morgan fingerprint density at radius 1 is 1.10 bits per heavy atom. The molecular weight excluding hydrogens is 439 g/mol. The highest BCUT2D eigenvalue weighted by atomic mass is 35.5. The normalized spacial score (nSPS) is 12.1. The molecule has 0 aromatic heterocycles. The van der Waals surface area contributed by atoms with Crippen molar-refractivity contribution in [3.8, 4) is 11.5 Å². The standard InChI is InChI=1S/C22H26Cl2N4O3/c1-22(2,27-21(29)15-10-16(23)12-17(24)11-15)20(28-25)13-26-8-7-14-5-6-18(30-3)19(9-14)31-4/h5-6,9-13H,7-8,25H2,1-4H3,(H,27,29)/b26-13?,28-20+. The number of nitrogens with two attached hydrogens (primary N) is 1. The molecule has 166 valence electrons. The number of amides is 1. The number of nitrogens with one attached hydrogen (secondary N) is 1. The molecule has 0 aliphatic rings. The first-order valence-electron chi connectivity index (χ1n) is 9.48. The summed E-state index contributed by atoms with van der Waals surface area (Å²) in [5, 5.41) is 7.43.